The molecule has 106 valence electrons. The fraction of sp³-hybridized carbons (Fsp3) is 0.923. The molecule has 0 aliphatic heterocycles. The van der Waals surface area contributed by atoms with Gasteiger partial charge in [0.1, 0.15) is 5.54 Å². The Morgan fingerprint density at radius 2 is 2.11 bits per heavy atom. The molecule has 1 saturated carbocycles. The molecular formula is C13H25NO3S. The van der Waals surface area contributed by atoms with Gasteiger partial charge in [0, 0.05) is 24.7 Å². The standard InChI is InChI=1S/C13H25NO3S/c1-10(2)14-13(11-5-6-11,12(15)17-4)9-18-8-7-16-3/h10-11,14H,5-9H2,1-4H3. The summed E-state index contributed by atoms with van der Waals surface area (Å²) < 4.78 is 10.1. The van der Waals surface area contributed by atoms with Gasteiger partial charge >= 0.3 is 5.97 Å². The van der Waals surface area contributed by atoms with Crippen LogP contribution in [0.2, 0.25) is 0 Å². The van der Waals surface area contributed by atoms with Crippen molar-refractivity contribution in [2.24, 2.45) is 5.92 Å². The summed E-state index contributed by atoms with van der Waals surface area (Å²) in [5.41, 5.74) is -0.513. The summed E-state index contributed by atoms with van der Waals surface area (Å²) in [4.78, 5) is 12.2. The molecule has 1 atom stereocenters. The third-order valence-electron chi connectivity index (χ3n) is 3.13. The number of nitrogens with one attached hydrogen (secondary N) is 1. The van der Waals surface area contributed by atoms with E-state index in [2.05, 4.69) is 19.2 Å². The maximum absolute atomic E-state index is 12.2. The molecule has 1 aliphatic rings. The largest absolute Gasteiger partial charge is 0.468 e. The van der Waals surface area contributed by atoms with Gasteiger partial charge in [-0.05, 0) is 32.6 Å². The van der Waals surface area contributed by atoms with E-state index in [0.29, 0.717) is 12.5 Å². The van der Waals surface area contributed by atoms with E-state index >= 15 is 0 Å². The van der Waals surface area contributed by atoms with Crippen LogP contribution >= 0.6 is 11.8 Å². The van der Waals surface area contributed by atoms with Crippen molar-refractivity contribution in [2.75, 3.05) is 32.3 Å². The van der Waals surface area contributed by atoms with E-state index in [1.54, 1.807) is 18.9 Å². The van der Waals surface area contributed by atoms with Crippen LogP contribution in [0.5, 0.6) is 0 Å². The zero-order valence-electron chi connectivity index (χ0n) is 11.8. The number of carbonyl (C=O) groups excluding carboxylic acids is 1. The van der Waals surface area contributed by atoms with Gasteiger partial charge in [-0.15, -0.1) is 0 Å². The van der Waals surface area contributed by atoms with Crippen molar-refractivity contribution >= 4 is 17.7 Å². The van der Waals surface area contributed by atoms with Crippen LogP contribution in [0.1, 0.15) is 26.7 Å². The average molecular weight is 275 g/mol. The predicted octanol–water partition coefficient (Wildman–Crippen LogP) is 1.69. The van der Waals surface area contributed by atoms with Crippen molar-refractivity contribution in [3.63, 3.8) is 0 Å². The Hall–Kier alpha value is -0.260. The van der Waals surface area contributed by atoms with Gasteiger partial charge in [-0.3, -0.25) is 10.1 Å². The molecule has 5 heteroatoms. The third-order valence-corrected chi connectivity index (χ3v) is 4.25. The Morgan fingerprint density at radius 1 is 1.44 bits per heavy atom. The van der Waals surface area contributed by atoms with E-state index < -0.39 is 5.54 Å². The first-order valence-corrected chi connectivity index (χ1v) is 7.65. The molecule has 0 aromatic rings. The minimum absolute atomic E-state index is 0.122. The van der Waals surface area contributed by atoms with Crippen LogP contribution in [0.25, 0.3) is 0 Å². The summed E-state index contributed by atoms with van der Waals surface area (Å²) in [6, 6.07) is 0.271. The van der Waals surface area contributed by atoms with Gasteiger partial charge in [-0.2, -0.15) is 11.8 Å². The highest BCUT2D eigenvalue weighted by Gasteiger charge is 2.51. The number of hydrogen-bond donors (Lipinski definition) is 1. The Kier molecular flexibility index (Phi) is 6.46. The van der Waals surface area contributed by atoms with Crippen molar-refractivity contribution < 1.29 is 14.3 Å². The van der Waals surface area contributed by atoms with Gasteiger partial charge in [0.05, 0.1) is 13.7 Å². The highest BCUT2D eigenvalue weighted by atomic mass is 32.2. The predicted molar refractivity (Wildman–Crippen MR) is 74.9 cm³/mol. The molecule has 1 aliphatic carbocycles. The van der Waals surface area contributed by atoms with Crippen molar-refractivity contribution in [1.29, 1.82) is 0 Å². The first kappa shape index (κ1) is 15.8. The quantitative estimate of drug-likeness (QED) is 0.512. The van der Waals surface area contributed by atoms with Gasteiger partial charge in [-0.1, -0.05) is 0 Å². The lowest BCUT2D eigenvalue weighted by Gasteiger charge is -2.34. The molecule has 1 unspecified atom stereocenters. The van der Waals surface area contributed by atoms with Crippen LogP contribution < -0.4 is 5.32 Å². The maximum atomic E-state index is 12.2. The van der Waals surface area contributed by atoms with E-state index in [1.807, 2.05) is 0 Å². The van der Waals surface area contributed by atoms with E-state index in [1.165, 1.54) is 7.11 Å². The van der Waals surface area contributed by atoms with Gasteiger partial charge in [-0.25, -0.2) is 0 Å². The number of hydrogen-bond acceptors (Lipinski definition) is 5. The number of esters is 1. The molecule has 1 fully saturated rings. The number of ether oxygens (including phenoxy) is 2. The molecule has 0 saturated heterocycles. The summed E-state index contributed by atoms with van der Waals surface area (Å²) in [5.74, 6) is 1.96. The number of methoxy groups -OCH3 is 2. The summed E-state index contributed by atoms with van der Waals surface area (Å²) >= 11 is 1.75. The monoisotopic (exact) mass is 275 g/mol. The van der Waals surface area contributed by atoms with E-state index in [0.717, 1.165) is 24.3 Å². The van der Waals surface area contributed by atoms with E-state index in [4.69, 9.17) is 9.47 Å². The van der Waals surface area contributed by atoms with Gasteiger partial charge in [0.2, 0.25) is 0 Å². The number of carbonyl (C=O) groups is 1. The Labute approximate surface area is 114 Å². The van der Waals surface area contributed by atoms with Crippen molar-refractivity contribution in [3.8, 4) is 0 Å². The molecule has 0 radical (unpaired) electrons. The minimum Gasteiger partial charge on any atom is -0.468 e. The zero-order valence-corrected chi connectivity index (χ0v) is 12.6. The zero-order chi connectivity index (χ0) is 13.6. The van der Waals surface area contributed by atoms with Crippen LogP contribution in [0, 0.1) is 5.92 Å². The van der Waals surface area contributed by atoms with Crippen molar-refractivity contribution in [3.05, 3.63) is 0 Å². The number of thioether (sulfide) groups is 1. The molecular weight excluding hydrogens is 250 g/mol. The minimum atomic E-state index is -0.513. The molecule has 1 rings (SSSR count). The van der Waals surface area contributed by atoms with Crippen LogP contribution in [-0.2, 0) is 14.3 Å². The number of rotatable bonds is 9. The summed E-state index contributed by atoms with van der Waals surface area (Å²) in [6.07, 6.45) is 2.22. The van der Waals surface area contributed by atoms with Crippen LogP contribution in [0.15, 0.2) is 0 Å². The molecule has 0 aromatic carbocycles. The van der Waals surface area contributed by atoms with Gasteiger partial charge < -0.3 is 9.47 Å². The topological polar surface area (TPSA) is 47.6 Å². The van der Waals surface area contributed by atoms with Crippen molar-refractivity contribution in [1.82, 2.24) is 5.32 Å². The van der Waals surface area contributed by atoms with E-state index in [-0.39, 0.29) is 12.0 Å². The molecule has 0 heterocycles. The van der Waals surface area contributed by atoms with Crippen LogP contribution in [0.4, 0.5) is 0 Å². The molecule has 18 heavy (non-hydrogen) atoms. The van der Waals surface area contributed by atoms with Crippen LogP contribution in [0.3, 0.4) is 0 Å². The molecule has 1 N–H and O–H groups in total. The first-order valence-electron chi connectivity index (χ1n) is 6.49. The molecule has 0 amide bonds. The Bertz CT molecular complexity index is 269. The molecule has 0 spiro atoms. The SMILES string of the molecule is COCCSCC(NC(C)C)(C(=O)OC)C1CC1. The smallest absolute Gasteiger partial charge is 0.327 e. The lowest BCUT2D eigenvalue weighted by atomic mass is 9.94. The second-order valence-corrected chi connectivity index (χ2v) is 6.19. The highest BCUT2D eigenvalue weighted by molar-refractivity contribution is 7.99. The molecule has 0 aromatic heterocycles. The van der Waals surface area contributed by atoms with Gasteiger partial charge in [0.25, 0.3) is 0 Å². The Morgan fingerprint density at radius 3 is 2.56 bits per heavy atom. The summed E-state index contributed by atoms with van der Waals surface area (Å²) in [5, 5.41) is 3.45. The summed E-state index contributed by atoms with van der Waals surface area (Å²) in [7, 11) is 3.17. The molecule has 4 nitrogen and oxygen atoms in total. The second kappa shape index (κ2) is 7.36. The lowest BCUT2D eigenvalue weighted by Crippen LogP contribution is -2.59. The average Bonchev–Trinajstić information content (AvgIpc) is 3.16. The first-order chi connectivity index (χ1) is 8.56. The second-order valence-electron chi connectivity index (χ2n) is 5.08. The Balaban J connectivity index is 2.67. The van der Waals surface area contributed by atoms with Crippen LogP contribution in [-0.4, -0.2) is 49.9 Å². The summed E-state index contributed by atoms with van der Waals surface area (Å²) in [6.45, 7) is 4.86. The lowest BCUT2D eigenvalue weighted by molar-refractivity contribution is -0.148. The molecule has 0 bridgehead atoms. The fourth-order valence-electron chi connectivity index (χ4n) is 2.21. The fourth-order valence-corrected chi connectivity index (χ4v) is 3.40. The maximum Gasteiger partial charge on any atom is 0.327 e. The van der Waals surface area contributed by atoms with Crippen molar-refractivity contribution in [2.45, 2.75) is 38.3 Å². The van der Waals surface area contributed by atoms with Gasteiger partial charge in [0.15, 0.2) is 0 Å². The normalized spacial score (nSPS) is 18.7. The van der Waals surface area contributed by atoms with E-state index in [9.17, 15) is 4.79 Å². The third kappa shape index (κ3) is 4.14. The highest BCUT2D eigenvalue weighted by Crippen LogP contribution is 2.42.